The molecular weight excluding hydrogens is 242 g/mol. The first-order chi connectivity index (χ1) is 8.02. The molecule has 0 aliphatic carbocycles. The lowest BCUT2D eigenvalue weighted by atomic mass is 10.1. The van der Waals surface area contributed by atoms with Crippen molar-refractivity contribution in [1.29, 1.82) is 0 Å². The summed E-state index contributed by atoms with van der Waals surface area (Å²) in [5.74, 6) is 0.526. The minimum Gasteiger partial charge on any atom is -0.386 e. The van der Waals surface area contributed by atoms with E-state index in [1.165, 1.54) is 0 Å². The summed E-state index contributed by atoms with van der Waals surface area (Å²) in [6, 6.07) is 6.56. The number of alkyl halides is 1. The van der Waals surface area contributed by atoms with Crippen molar-refractivity contribution in [1.82, 2.24) is 0 Å². The fourth-order valence-electron chi connectivity index (χ4n) is 1.32. The smallest absolute Gasteiger partial charge is 0.214 e. The predicted octanol–water partition coefficient (Wildman–Crippen LogP) is 2.12. The normalized spacial score (nSPS) is 13.4. The molecule has 6 heteroatoms. The summed E-state index contributed by atoms with van der Waals surface area (Å²) >= 11 is 5.51. The van der Waals surface area contributed by atoms with Gasteiger partial charge in [-0.05, 0) is 17.7 Å². The SMILES string of the molecule is CC(Cc1ccc(N=C(N)CCl)cc1)[N+](=O)[O-]. The fraction of sp³-hybridized carbons (Fsp3) is 0.364. The zero-order chi connectivity index (χ0) is 12.8. The number of nitrogens with zero attached hydrogens (tertiary/aromatic N) is 2. The highest BCUT2D eigenvalue weighted by atomic mass is 35.5. The molecule has 1 unspecified atom stereocenters. The van der Waals surface area contributed by atoms with Crippen LogP contribution in [0.5, 0.6) is 0 Å². The van der Waals surface area contributed by atoms with Crippen LogP contribution >= 0.6 is 11.6 Å². The van der Waals surface area contributed by atoms with Crippen molar-refractivity contribution in [2.45, 2.75) is 19.4 Å². The number of halogens is 1. The zero-order valence-corrected chi connectivity index (χ0v) is 10.2. The first kappa shape index (κ1) is 13.4. The lowest BCUT2D eigenvalue weighted by Gasteiger charge is -2.04. The summed E-state index contributed by atoms with van der Waals surface area (Å²) < 4.78 is 0. The largest absolute Gasteiger partial charge is 0.386 e. The Morgan fingerprint density at radius 1 is 1.53 bits per heavy atom. The second-order valence-corrected chi connectivity index (χ2v) is 4.01. The maximum Gasteiger partial charge on any atom is 0.214 e. The van der Waals surface area contributed by atoms with E-state index in [2.05, 4.69) is 4.99 Å². The number of hydrogen-bond donors (Lipinski definition) is 1. The van der Waals surface area contributed by atoms with E-state index in [1.54, 1.807) is 31.2 Å². The van der Waals surface area contributed by atoms with E-state index in [4.69, 9.17) is 17.3 Å². The fourth-order valence-corrected chi connectivity index (χ4v) is 1.38. The van der Waals surface area contributed by atoms with Crippen LogP contribution in [0, 0.1) is 10.1 Å². The number of hydrogen-bond acceptors (Lipinski definition) is 3. The third-order valence-electron chi connectivity index (χ3n) is 2.24. The minimum atomic E-state index is -0.586. The van der Waals surface area contributed by atoms with Gasteiger partial charge in [0.2, 0.25) is 6.04 Å². The van der Waals surface area contributed by atoms with Crippen molar-refractivity contribution in [3.05, 3.63) is 39.9 Å². The van der Waals surface area contributed by atoms with E-state index < -0.39 is 6.04 Å². The van der Waals surface area contributed by atoms with E-state index in [0.717, 1.165) is 5.56 Å². The van der Waals surface area contributed by atoms with Gasteiger partial charge in [-0.2, -0.15) is 0 Å². The highest BCUT2D eigenvalue weighted by Gasteiger charge is 2.12. The molecule has 2 N–H and O–H groups in total. The van der Waals surface area contributed by atoms with Gasteiger partial charge in [0.1, 0.15) is 5.84 Å². The second-order valence-electron chi connectivity index (χ2n) is 3.74. The Kier molecular flexibility index (Phi) is 4.90. The van der Waals surface area contributed by atoms with Crippen molar-refractivity contribution in [3.8, 4) is 0 Å². The molecule has 0 heterocycles. The molecule has 0 fully saturated rings. The first-order valence-electron chi connectivity index (χ1n) is 5.14. The van der Waals surface area contributed by atoms with Crippen LogP contribution in [0.2, 0.25) is 0 Å². The Labute approximate surface area is 104 Å². The molecule has 0 aliphatic rings. The maximum absolute atomic E-state index is 10.5. The van der Waals surface area contributed by atoms with Crippen molar-refractivity contribution in [2.24, 2.45) is 10.7 Å². The van der Waals surface area contributed by atoms with E-state index in [1.807, 2.05) is 0 Å². The van der Waals surface area contributed by atoms with Gasteiger partial charge in [-0.15, -0.1) is 11.6 Å². The van der Waals surface area contributed by atoms with Crippen LogP contribution < -0.4 is 5.73 Å². The standard InChI is InChI=1S/C11H14ClN3O2/c1-8(15(16)17)6-9-2-4-10(5-3-9)14-11(13)7-12/h2-5,8H,6-7H2,1H3,(H2,13,14). The molecule has 5 nitrogen and oxygen atoms in total. The zero-order valence-electron chi connectivity index (χ0n) is 9.47. The Morgan fingerprint density at radius 2 is 2.12 bits per heavy atom. The van der Waals surface area contributed by atoms with Crippen LogP contribution in [0.3, 0.4) is 0 Å². The van der Waals surface area contributed by atoms with Gasteiger partial charge in [0.25, 0.3) is 0 Å². The van der Waals surface area contributed by atoms with E-state index >= 15 is 0 Å². The van der Waals surface area contributed by atoms with E-state index in [-0.39, 0.29) is 10.8 Å². The van der Waals surface area contributed by atoms with Gasteiger partial charge in [0, 0.05) is 18.3 Å². The predicted molar refractivity (Wildman–Crippen MR) is 68.6 cm³/mol. The molecule has 0 radical (unpaired) electrons. The molecule has 0 saturated heterocycles. The summed E-state index contributed by atoms with van der Waals surface area (Å²) in [6.07, 6.45) is 0.405. The number of amidine groups is 1. The molecule has 92 valence electrons. The van der Waals surface area contributed by atoms with Crippen molar-refractivity contribution in [2.75, 3.05) is 5.88 Å². The topological polar surface area (TPSA) is 81.5 Å². The summed E-state index contributed by atoms with van der Waals surface area (Å²) in [5, 5.41) is 10.5. The minimum absolute atomic E-state index is 0.181. The van der Waals surface area contributed by atoms with Gasteiger partial charge in [0.05, 0.1) is 11.6 Å². The molecule has 0 saturated carbocycles. The van der Waals surface area contributed by atoms with Gasteiger partial charge < -0.3 is 5.73 Å². The van der Waals surface area contributed by atoms with Gasteiger partial charge in [-0.3, -0.25) is 10.1 Å². The monoisotopic (exact) mass is 255 g/mol. The summed E-state index contributed by atoms with van der Waals surface area (Å²) in [7, 11) is 0. The van der Waals surface area contributed by atoms with Crippen LogP contribution in [-0.4, -0.2) is 22.7 Å². The van der Waals surface area contributed by atoms with E-state index in [0.29, 0.717) is 17.9 Å². The molecule has 0 amide bonds. The number of nitro groups is 1. The molecule has 1 aromatic carbocycles. The summed E-state index contributed by atoms with van der Waals surface area (Å²) in [4.78, 5) is 14.3. The lowest BCUT2D eigenvalue weighted by Crippen LogP contribution is -2.17. The third kappa shape index (κ3) is 4.40. The van der Waals surface area contributed by atoms with Gasteiger partial charge in [-0.1, -0.05) is 12.1 Å². The number of benzene rings is 1. The highest BCUT2D eigenvalue weighted by Crippen LogP contribution is 2.14. The van der Waals surface area contributed by atoms with Crippen LogP contribution in [-0.2, 0) is 6.42 Å². The van der Waals surface area contributed by atoms with Gasteiger partial charge >= 0.3 is 0 Å². The molecule has 0 aromatic heterocycles. The van der Waals surface area contributed by atoms with Crippen LogP contribution in [0.15, 0.2) is 29.3 Å². The molecule has 1 aromatic rings. The molecule has 0 bridgehead atoms. The Hall–Kier alpha value is -1.62. The van der Waals surface area contributed by atoms with Crippen LogP contribution in [0.25, 0.3) is 0 Å². The molecular formula is C11H14ClN3O2. The Balaban J connectivity index is 2.71. The Bertz CT molecular complexity index is 417. The maximum atomic E-state index is 10.5. The lowest BCUT2D eigenvalue weighted by molar-refractivity contribution is -0.517. The number of aliphatic imine (C=N–C) groups is 1. The van der Waals surface area contributed by atoms with Gasteiger partial charge in [-0.25, -0.2) is 4.99 Å². The first-order valence-corrected chi connectivity index (χ1v) is 5.68. The third-order valence-corrected chi connectivity index (χ3v) is 2.51. The summed E-state index contributed by atoms with van der Waals surface area (Å²) in [6.45, 7) is 1.58. The van der Waals surface area contributed by atoms with Gasteiger partial charge in [0.15, 0.2) is 0 Å². The molecule has 17 heavy (non-hydrogen) atoms. The van der Waals surface area contributed by atoms with Crippen LogP contribution in [0.1, 0.15) is 12.5 Å². The quantitative estimate of drug-likeness (QED) is 0.288. The summed E-state index contributed by atoms with van der Waals surface area (Å²) in [5.41, 5.74) is 7.09. The number of nitrogens with two attached hydrogens (primary N) is 1. The van der Waals surface area contributed by atoms with Crippen molar-refractivity contribution in [3.63, 3.8) is 0 Å². The van der Waals surface area contributed by atoms with Crippen molar-refractivity contribution >= 4 is 23.1 Å². The van der Waals surface area contributed by atoms with Crippen molar-refractivity contribution < 1.29 is 4.92 Å². The highest BCUT2D eigenvalue weighted by molar-refractivity contribution is 6.28. The van der Waals surface area contributed by atoms with Crippen LogP contribution in [0.4, 0.5) is 5.69 Å². The average molecular weight is 256 g/mol. The second kappa shape index (κ2) is 6.20. The number of rotatable bonds is 5. The molecule has 0 spiro atoms. The molecule has 0 aliphatic heterocycles. The molecule has 1 rings (SSSR count). The Morgan fingerprint density at radius 3 is 2.59 bits per heavy atom. The van der Waals surface area contributed by atoms with E-state index in [9.17, 15) is 10.1 Å². The average Bonchev–Trinajstić information content (AvgIpc) is 2.31. The molecule has 1 atom stereocenters.